The Hall–Kier alpha value is -5.91. The molecule has 1 fully saturated rings. The van der Waals surface area contributed by atoms with Gasteiger partial charge in [0.25, 0.3) is 0 Å². The minimum atomic E-state index is -4.59. The highest BCUT2D eigenvalue weighted by Crippen LogP contribution is 2.61. The minimum absolute atomic E-state index is 0.116. The first kappa shape index (κ1) is 40.5. The number of hydrogen-bond acceptors (Lipinski definition) is 11. The van der Waals surface area contributed by atoms with Crippen molar-refractivity contribution in [3.8, 4) is 5.69 Å². The van der Waals surface area contributed by atoms with Gasteiger partial charge in [0.1, 0.15) is 5.83 Å². The maximum absolute atomic E-state index is 17.9. The largest absolute Gasteiger partial charge is 0.424 e. The van der Waals surface area contributed by atoms with Crippen molar-refractivity contribution < 1.29 is 41.4 Å². The second-order valence-corrected chi connectivity index (χ2v) is 16.0. The van der Waals surface area contributed by atoms with Crippen LogP contribution in [0, 0.1) is 0 Å². The van der Waals surface area contributed by atoms with Gasteiger partial charge in [0.15, 0.2) is 5.60 Å². The van der Waals surface area contributed by atoms with Crippen molar-refractivity contribution in [1.82, 2.24) is 34.5 Å². The van der Waals surface area contributed by atoms with Crippen LogP contribution in [0.2, 0.25) is 0 Å². The highest BCUT2D eigenvalue weighted by atomic mass is 19.4. The van der Waals surface area contributed by atoms with Gasteiger partial charge < -0.3 is 24.4 Å². The van der Waals surface area contributed by atoms with E-state index in [0.29, 0.717) is 53.0 Å². The highest BCUT2D eigenvalue weighted by Gasteiger charge is 2.57. The number of nitrogens with zero attached hydrogens (tertiary/aromatic N) is 7. The van der Waals surface area contributed by atoms with Crippen LogP contribution in [0.4, 0.5) is 28.3 Å². The number of alkyl halides is 3. The van der Waals surface area contributed by atoms with Crippen molar-refractivity contribution in [1.29, 1.82) is 0 Å². The van der Waals surface area contributed by atoms with Crippen molar-refractivity contribution in [2.75, 3.05) is 51.5 Å². The van der Waals surface area contributed by atoms with E-state index < -0.39 is 47.4 Å². The molecule has 1 saturated heterocycles. The Balaban J connectivity index is 1.05. The van der Waals surface area contributed by atoms with Gasteiger partial charge in [0.05, 0.1) is 39.3 Å². The second kappa shape index (κ2) is 15.2. The topological polar surface area (TPSA) is 129 Å². The van der Waals surface area contributed by atoms with Gasteiger partial charge in [-0.3, -0.25) is 9.47 Å². The molecule has 0 amide bonds. The molecule has 2 aromatic carbocycles. The number of aryl methyl sites for hydroxylation is 1. The standard InChI is InChI=1S/C44H44F4N8O5/c1-5-27-7-6-8-30-34-36(45)43(3,59-4)38-32(13-18-55(38)41(58)61-25-60-39(57)28-11-9-26(10-12-28)23-53-19-15-49-16-20-53)42(34,2)37-31-24-54(17-14-33(31)52-56(37)35(27)30)40-50-21-29(22-51-40)44(46,47)48/h6-13,18,21-22,49H,5,14-17,19-20,23-25H2,1-4H3. The quantitative estimate of drug-likeness (QED) is 0.102. The molecule has 0 spiro atoms. The van der Waals surface area contributed by atoms with E-state index in [1.54, 1.807) is 30.0 Å². The summed E-state index contributed by atoms with van der Waals surface area (Å²) < 4.78 is 78.0. The highest BCUT2D eigenvalue weighted by molar-refractivity contribution is 5.92. The maximum Gasteiger partial charge on any atom is 0.421 e. The zero-order chi connectivity index (χ0) is 42.8. The van der Waals surface area contributed by atoms with Gasteiger partial charge in [-0.25, -0.2) is 28.6 Å². The number of anilines is 1. The fourth-order valence-corrected chi connectivity index (χ4v) is 9.33. The fourth-order valence-electron chi connectivity index (χ4n) is 9.33. The first-order valence-corrected chi connectivity index (χ1v) is 20.2. The lowest BCUT2D eigenvalue weighted by molar-refractivity contribution is -0.138. The number of ether oxygens (including phenoxy) is 3. The molecule has 13 nitrogen and oxygen atoms in total. The summed E-state index contributed by atoms with van der Waals surface area (Å²) in [5, 5.41) is 8.46. The van der Waals surface area contributed by atoms with Crippen LogP contribution in [0.1, 0.15) is 81.6 Å². The van der Waals surface area contributed by atoms with Gasteiger partial charge in [-0.05, 0) is 55.2 Å². The SMILES string of the molecule is CCc1cccc2c1-n1nc3c(c1C1(C)C2=C(F)C(C)(OC)c2c1ccn2C(=O)OCOC(=O)c1ccc(CN2CCNCC2)cc1)CN(c1ncc(C(F)(F)F)cn1)CC3. The summed E-state index contributed by atoms with van der Waals surface area (Å²) in [6.07, 6.45) is -1.47. The summed E-state index contributed by atoms with van der Waals surface area (Å²) in [6, 6.07) is 14.5. The number of benzene rings is 2. The molecule has 9 rings (SSSR count). The summed E-state index contributed by atoms with van der Waals surface area (Å²) in [5.41, 5.74) is 2.77. The Morgan fingerprint density at radius 3 is 2.38 bits per heavy atom. The van der Waals surface area contributed by atoms with E-state index in [0.717, 1.165) is 67.5 Å². The Morgan fingerprint density at radius 1 is 0.951 bits per heavy atom. The van der Waals surface area contributed by atoms with Crippen molar-refractivity contribution in [3.05, 3.63) is 129 Å². The van der Waals surface area contributed by atoms with E-state index in [2.05, 4.69) is 20.2 Å². The van der Waals surface area contributed by atoms with Crippen LogP contribution in [0.5, 0.6) is 0 Å². The number of hydrogen-bond donors (Lipinski definition) is 1. The van der Waals surface area contributed by atoms with Crippen LogP contribution in [0.25, 0.3) is 11.3 Å². The minimum Gasteiger partial charge on any atom is -0.424 e. The molecule has 1 N–H and O–H groups in total. The maximum atomic E-state index is 17.9. The van der Waals surface area contributed by atoms with Crippen LogP contribution in [-0.2, 0) is 57.3 Å². The van der Waals surface area contributed by atoms with E-state index in [1.807, 2.05) is 48.9 Å². The zero-order valence-electron chi connectivity index (χ0n) is 34.1. The molecule has 318 valence electrons. The molecule has 0 saturated carbocycles. The summed E-state index contributed by atoms with van der Waals surface area (Å²) in [4.78, 5) is 39.2. The van der Waals surface area contributed by atoms with Crippen LogP contribution in [0.3, 0.4) is 0 Å². The van der Waals surface area contributed by atoms with Gasteiger partial charge in [-0.15, -0.1) is 0 Å². The molecule has 3 aromatic heterocycles. The zero-order valence-corrected chi connectivity index (χ0v) is 34.1. The number of carbonyl (C=O) groups is 2. The number of para-hydroxylation sites is 1. The van der Waals surface area contributed by atoms with E-state index in [4.69, 9.17) is 19.3 Å². The van der Waals surface area contributed by atoms with Crippen molar-refractivity contribution in [3.63, 3.8) is 0 Å². The number of methoxy groups -OCH3 is 1. The van der Waals surface area contributed by atoms with E-state index in [-0.39, 0.29) is 18.2 Å². The number of piperazine rings is 1. The smallest absolute Gasteiger partial charge is 0.421 e. The number of halogens is 4. The Kier molecular flexibility index (Phi) is 10.1. The number of nitrogens with one attached hydrogen (secondary N) is 1. The normalized spacial score (nSPS) is 21.0. The molecule has 61 heavy (non-hydrogen) atoms. The van der Waals surface area contributed by atoms with Gasteiger partial charge in [-0.1, -0.05) is 37.3 Å². The van der Waals surface area contributed by atoms with Gasteiger partial charge in [0.2, 0.25) is 12.7 Å². The number of fused-ring (bicyclic) bond motifs is 10. The van der Waals surface area contributed by atoms with Gasteiger partial charge >= 0.3 is 18.2 Å². The van der Waals surface area contributed by atoms with E-state index >= 15 is 4.39 Å². The molecule has 3 aliphatic heterocycles. The number of rotatable bonds is 8. The molecule has 0 bridgehead atoms. The predicted octanol–water partition coefficient (Wildman–Crippen LogP) is 6.69. The molecule has 0 radical (unpaired) electrons. The number of allylic oxidation sites excluding steroid dienone is 1. The Bertz CT molecular complexity index is 2560. The van der Waals surface area contributed by atoms with Crippen LogP contribution in [-0.4, -0.2) is 87.9 Å². The fraction of sp³-hybridized carbons (Fsp3) is 0.386. The molecule has 2 unspecified atom stereocenters. The third-order valence-electron chi connectivity index (χ3n) is 12.5. The van der Waals surface area contributed by atoms with Crippen LogP contribution >= 0.6 is 0 Å². The monoisotopic (exact) mass is 840 g/mol. The molecule has 4 aliphatic rings. The molecule has 5 aromatic rings. The molecule has 6 heterocycles. The lowest BCUT2D eigenvalue weighted by Crippen LogP contribution is -2.45. The summed E-state index contributed by atoms with van der Waals surface area (Å²) >= 11 is 0. The Morgan fingerprint density at radius 2 is 1.69 bits per heavy atom. The molecular formula is C44H44F4N8O5. The first-order chi connectivity index (χ1) is 29.3. The van der Waals surface area contributed by atoms with E-state index in [9.17, 15) is 22.8 Å². The lowest BCUT2D eigenvalue weighted by Gasteiger charge is -2.47. The van der Waals surface area contributed by atoms with Gasteiger partial charge in [0, 0.05) is 94.6 Å². The number of carbonyl (C=O) groups excluding carboxylic acids is 2. The first-order valence-electron chi connectivity index (χ1n) is 20.2. The summed E-state index contributed by atoms with van der Waals surface area (Å²) in [6.45, 7) is 9.80. The third-order valence-corrected chi connectivity index (χ3v) is 12.5. The lowest BCUT2D eigenvalue weighted by atomic mass is 9.61. The average molecular weight is 841 g/mol. The average Bonchev–Trinajstić information content (AvgIpc) is 3.90. The van der Waals surface area contributed by atoms with Crippen molar-refractivity contribution in [2.24, 2.45) is 0 Å². The second-order valence-electron chi connectivity index (χ2n) is 16.0. The summed E-state index contributed by atoms with van der Waals surface area (Å²) in [7, 11) is 1.37. The van der Waals surface area contributed by atoms with E-state index in [1.165, 1.54) is 17.9 Å². The van der Waals surface area contributed by atoms with Gasteiger partial charge in [-0.2, -0.15) is 18.3 Å². The molecule has 2 atom stereocenters. The number of esters is 1. The van der Waals surface area contributed by atoms with Crippen molar-refractivity contribution >= 4 is 23.6 Å². The van der Waals surface area contributed by atoms with Crippen molar-refractivity contribution in [2.45, 2.75) is 63.9 Å². The van der Waals surface area contributed by atoms with Crippen LogP contribution < -0.4 is 10.2 Å². The number of aromatic nitrogens is 5. The summed E-state index contributed by atoms with van der Waals surface area (Å²) in [5.74, 6) is -1.19. The Labute approximate surface area is 348 Å². The molecule has 17 heteroatoms. The molecule has 1 aliphatic carbocycles. The predicted molar refractivity (Wildman–Crippen MR) is 215 cm³/mol. The molecular weight excluding hydrogens is 797 g/mol. The third kappa shape index (κ3) is 6.60. The van der Waals surface area contributed by atoms with Crippen LogP contribution in [0.15, 0.2) is 72.9 Å².